The van der Waals surface area contributed by atoms with Gasteiger partial charge in [0.2, 0.25) is 0 Å². The molecule has 0 N–H and O–H groups in total. The number of hydrogen-bond donors (Lipinski definition) is 0. The lowest BCUT2D eigenvalue weighted by Crippen LogP contribution is -1.95. The Labute approximate surface area is 81.6 Å². The van der Waals surface area contributed by atoms with E-state index in [1.165, 1.54) is 7.11 Å². The molecule has 72 valence electrons. The molecule has 0 heterocycles. The van der Waals surface area contributed by atoms with Gasteiger partial charge < -0.3 is 4.84 Å². The number of nitrogens with zero attached hydrogens (tertiary/aromatic N) is 4. The second-order valence-corrected chi connectivity index (χ2v) is 2.57. The Balaban J connectivity index is 3.19. The zero-order valence-electron chi connectivity index (χ0n) is 8.01. The van der Waals surface area contributed by atoms with Crippen LogP contribution in [0.1, 0.15) is 12.5 Å². The molecule has 0 saturated carbocycles. The van der Waals surface area contributed by atoms with Gasteiger partial charge in [-0.3, -0.25) is 0 Å². The first-order valence-electron chi connectivity index (χ1n) is 4.02. The van der Waals surface area contributed by atoms with Gasteiger partial charge in [0.25, 0.3) is 0 Å². The highest BCUT2D eigenvalue weighted by atomic mass is 16.6. The maximum absolute atomic E-state index is 8.34. The van der Waals surface area contributed by atoms with Crippen LogP contribution in [0.25, 0.3) is 10.4 Å². The third-order valence-electron chi connectivity index (χ3n) is 1.67. The Bertz CT molecular complexity index is 394. The van der Waals surface area contributed by atoms with Gasteiger partial charge in [0.1, 0.15) is 7.11 Å². The van der Waals surface area contributed by atoms with Crippen LogP contribution in [-0.2, 0) is 4.84 Å². The molecule has 1 aromatic carbocycles. The highest BCUT2D eigenvalue weighted by molar-refractivity contribution is 6.02. The standard InChI is InChI=1S/C9H10N4O/c1-7(12-14-2)8-5-3-4-6-9(8)11-13-10/h3-6H,1-2H3/b12-7+. The zero-order valence-corrected chi connectivity index (χ0v) is 8.01. The van der Waals surface area contributed by atoms with Crippen LogP contribution in [0, 0.1) is 0 Å². The summed E-state index contributed by atoms with van der Waals surface area (Å²) >= 11 is 0. The zero-order chi connectivity index (χ0) is 10.4. The van der Waals surface area contributed by atoms with Crippen LogP contribution >= 0.6 is 0 Å². The molecule has 0 saturated heterocycles. The summed E-state index contributed by atoms with van der Waals surface area (Å²) in [7, 11) is 1.47. The largest absolute Gasteiger partial charge is 0.399 e. The minimum atomic E-state index is 0.549. The second kappa shape index (κ2) is 4.89. The fraction of sp³-hybridized carbons (Fsp3) is 0.222. The van der Waals surface area contributed by atoms with Crippen molar-refractivity contribution in [1.29, 1.82) is 0 Å². The Morgan fingerprint density at radius 3 is 2.79 bits per heavy atom. The van der Waals surface area contributed by atoms with Crippen molar-refractivity contribution in [3.8, 4) is 0 Å². The van der Waals surface area contributed by atoms with Crippen molar-refractivity contribution >= 4 is 11.4 Å². The van der Waals surface area contributed by atoms with Gasteiger partial charge in [-0.15, -0.1) is 0 Å². The van der Waals surface area contributed by atoms with E-state index in [9.17, 15) is 0 Å². The molecular formula is C9H10N4O. The van der Waals surface area contributed by atoms with Crippen LogP contribution in [-0.4, -0.2) is 12.8 Å². The van der Waals surface area contributed by atoms with Gasteiger partial charge >= 0.3 is 0 Å². The molecule has 0 aliphatic carbocycles. The van der Waals surface area contributed by atoms with E-state index in [2.05, 4.69) is 20.0 Å². The molecule has 0 bridgehead atoms. The number of hydrogen-bond acceptors (Lipinski definition) is 3. The van der Waals surface area contributed by atoms with Crippen LogP contribution in [0.15, 0.2) is 34.5 Å². The van der Waals surface area contributed by atoms with Crippen LogP contribution in [0.3, 0.4) is 0 Å². The van der Waals surface area contributed by atoms with Crippen molar-refractivity contribution < 1.29 is 4.84 Å². The first kappa shape index (κ1) is 10.1. The summed E-state index contributed by atoms with van der Waals surface area (Å²) < 4.78 is 0. The van der Waals surface area contributed by atoms with Crippen molar-refractivity contribution in [3.05, 3.63) is 40.3 Å². The van der Waals surface area contributed by atoms with E-state index in [1.54, 1.807) is 19.1 Å². The highest BCUT2D eigenvalue weighted by Crippen LogP contribution is 2.19. The molecule has 1 rings (SSSR count). The summed E-state index contributed by atoms with van der Waals surface area (Å²) in [6.07, 6.45) is 0. The third kappa shape index (κ3) is 2.24. The summed E-state index contributed by atoms with van der Waals surface area (Å²) in [6, 6.07) is 7.19. The molecule has 0 aromatic heterocycles. The van der Waals surface area contributed by atoms with Gasteiger partial charge in [-0.25, -0.2) is 0 Å². The Kier molecular flexibility index (Phi) is 3.52. The first-order chi connectivity index (χ1) is 6.79. The summed E-state index contributed by atoms with van der Waals surface area (Å²) in [5.41, 5.74) is 10.3. The number of benzene rings is 1. The minimum Gasteiger partial charge on any atom is -0.399 e. The van der Waals surface area contributed by atoms with Gasteiger partial charge in [0.05, 0.1) is 5.71 Å². The highest BCUT2D eigenvalue weighted by Gasteiger charge is 2.02. The molecule has 0 aliphatic rings. The fourth-order valence-corrected chi connectivity index (χ4v) is 1.10. The lowest BCUT2D eigenvalue weighted by molar-refractivity contribution is 0.213. The number of azide groups is 1. The molecule has 0 atom stereocenters. The van der Waals surface area contributed by atoms with Crippen molar-refractivity contribution in [2.24, 2.45) is 10.3 Å². The lowest BCUT2D eigenvalue weighted by Gasteiger charge is -2.02. The van der Waals surface area contributed by atoms with E-state index in [0.717, 1.165) is 5.56 Å². The summed E-state index contributed by atoms with van der Waals surface area (Å²) in [5.74, 6) is 0. The van der Waals surface area contributed by atoms with Gasteiger partial charge in [0.15, 0.2) is 0 Å². The molecule has 5 nitrogen and oxygen atoms in total. The average molecular weight is 190 g/mol. The molecule has 0 fully saturated rings. The number of oxime groups is 1. The summed E-state index contributed by atoms with van der Waals surface area (Å²) in [4.78, 5) is 7.38. The van der Waals surface area contributed by atoms with Crippen LogP contribution < -0.4 is 0 Å². The molecule has 0 amide bonds. The monoisotopic (exact) mass is 190 g/mol. The summed E-state index contributed by atoms with van der Waals surface area (Å²) in [6.45, 7) is 1.79. The Morgan fingerprint density at radius 2 is 2.14 bits per heavy atom. The fourth-order valence-electron chi connectivity index (χ4n) is 1.10. The van der Waals surface area contributed by atoms with Crippen LogP contribution in [0.4, 0.5) is 5.69 Å². The maximum atomic E-state index is 8.34. The smallest absolute Gasteiger partial charge is 0.106 e. The average Bonchev–Trinajstić information content (AvgIpc) is 2.19. The van der Waals surface area contributed by atoms with Crippen molar-refractivity contribution in [2.45, 2.75) is 6.92 Å². The second-order valence-electron chi connectivity index (χ2n) is 2.57. The SMILES string of the molecule is CO/N=C(\C)c1ccccc1N=[N+]=[N-]. The Morgan fingerprint density at radius 1 is 1.43 bits per heavy atom. The third-order valence-corrected chi connectivity index (χ3v) is 1.67. The minimum absolute atomic E-state index is 0.549. The normalized spacial score (nSPS) is 10.6. The molecule has 14 heavy (non-hydrogen) atoms. The quantitative estimate of drug-likeness (QED) is 0.237. The van der Waals surface area contributed by atoms with Crippen LogP contribution in [0.5, 0.6) is 0 Å². The predicted octanol–water partition coefficient (Wildman–Crippen LogP) is 3.00. The van der Waals surface area contributed by atoms with E-state index in [1.807, 2.05) is 12.1 Å². The Hall–Kier alpha value is -2.00. The number of rotatable bonds is 3. The van der Waals surface area contributed by atoms with Gasteiger partial charge in [-0.1, -0.05) is 34.5 Å². The van der Waals surface area contributed by atoms with Gasteiger partial charge in [-0.05, 0) is 12.5 Å². The first-order valence-corrected chi connectivity index (χ1v) is 4.02. The molecule has 0 unspecified atom stereocenters. The predicted molar refractivity (Wildman–Crippen MR) is 54.5 cm³/mol. The molecule has 0 aliphatic heterocycles. The van der Waals surface area contributed by atoms with Crippen molar-refractivity contribution in [2.75, 3.05) is 7.11 Å². The van der Waals surface area contributed by atoms with E-state index in [4.69, 9.17) is 5.53 Å². The van der Waals surface area contributed by atoms with Crippen molar-refractivity contribution in [1.82, 2.24) is 0 Å². The lowest BCUT2D eigenvalue weighted by atomic mass is 10.1. The molecular weight excluding hydrogens is 180 g/mol. The molecule has 5 heteroatoms. The van der Waals surface area contributed by atoms with Crippen LogP contribution in [0.2, 0.25) is 0 Å². The van der Waals surface area contributed by atoms with Gasteiger partial charge in [0, 0.05) is 16.2 Å². The van der Waals surface area contributed by atoms with E-state index in [0.29, 0.717) is 11.4 Å². The van der Waals surface area contributed by atoms with Gasteiger partial charge in [-0.2, -0.15) is 0 Å². The van der Waals surface area contributed by atoms with E-state index >= 15 is 0 Å². The van der Waals surface area contributed by atoms with Crippen molar-refractivity contribution in [3.63, 3.8) is 0 Å². The summed E-state index contributed by atoms with van der Waals surface area (Å²) in [5, 5.41) is 7.33. The maximum Gasteiger partial charge on any atom is 0.106 e. The molecule has 0 spiro atoms. The molecule has 1 aromatic rings. The van der Waals surface area contributed by atoms with E-state index < -0.39 is 0 Å². The topological polar surface area (TPSA) is 70.4 Å². The van der Waals surface area contributed by atoms with E-state index in [-0.39, 0.29) is 0 Å². The molecule has 0 radical (unpaired) electrons.